The lowest BCUT2D eigenvalue weighted by atomic mass is 10.2. The Bertz CT molecular complexity index is 679. The molecule has 0 saturated carbocycles. The molecule has 2 aromatic rings. The second-order valence-corrected chi connectivity index (χ2v) is 5.19. The Morgan fingerprint density at radius 2 is 2.09 bits per heavy atom. The Balaban J connectivity index is 2.01. The molecule has 2 aromatic heterocycles. The van der Waals surface area contributed by atoms with E-state index in [9.17, 15) is 14.7 Å². The van der Waals surface area contributed by atoms with Crippen LogP contribution in [0.4, 0.5) is 5.69 Å². The van der Waals surface area contributed by atoms with Crippen LogP contribution in [0, 0.1) is 6.92 Å². The molecule has 0 aliphatic heterocycles. The predicted octanol–water partition coefficient (Wildman–Crippen LogP) is 0.866. The summed E-state index contributed by atoms with van der Waals surface area (Å²) in [5.74, 6) is -0.780. The number of aromatic amines is 1. The number of nitrogens with zero attached hydrogens (tertiary/aromatic N) is 2. The summed E-state index contributed by atoms with van der Waals surface area (Å²) in [6, 6.07) is 3.38. The minimum absolute atomic E-state index is 0.156. The summed E-state index contributed by atoms with van der Waals surface area (Å²) in [6.45, 7) is 3.79. The molecule has 23 heavy (non-hydrogen) atoms. The van der Waals surface area contributed by atoms with Gasteiger partial charge in [0.2, 0.25) is 0 Å². The Morgan fingerprint density at radius 3 is 2.74 bits per heavy atom. The second kappa shape index (κ2) is 7.50. The summed E-state index contributed by atoms with van der Waals surface area (Å²) < 4.78 is 0. The van der Waals surface area contributed by atoms with Crippen molar-refractivity contribution in [3.63, 3.8) is 0 Å². The van der Waals surface area contributed by atoms with Gasteiger partial charge in [-0.1, -0.05) is 0 Å². The lowest BCUT2D eigenvalue weighted by Crippen LogP contribution is -2.28. The van der Waals surface area contributed by atoms with Crippen molar-refractivity contribution in [2.24, 2.45) is 0 Å². The minimum atomic E-state index is -0.495. The van der Waals surface area contributed by atoms with Crippen LogP contribution in [0.1, 0.15) is 39.9 Å². The molecule has 0 aromatic carbocycles. The topological polar surface area (TPSA) is 120 Å². The zero-order chi connectivity index (χ0) is 16.8. The van der Waals surface area contributed by atoms with Gasteiger partial charge in [0.05, 0.1) is 23.6 Å². The highest BCUT2D eigenvalue weighted by molar-refractivity contribution is 6.08. The molecule has 0 aliphatic carbocycles. The number of nitrogens with one attached hydrogen (secondary N) is 3. The fourth-order valence-corrected chi connectivity index (χ4v) is 1.83. The average Bonchev–Trinajstić information content (AvgIpc) is 2.95. The summed E-state index contributed by atoms with van der Waals surface area (Å²) in [6.07, 6.45) is 2.78. The third-order valence-corrected chi connectivity index (χ3v) is 3.14. The van der Waals surface area contributed by atoms with E-state index in [1.54, 1.807) is 19.1 Å². The summed E-state index contributed by atoms with van der Waals surface area (Å²) >= 11 is 0. The van der Waals surface area contributed by atoms with Gasteiger partial charge in [-0.15, -0.1) is 0 Å². The molecule has 0 aliphatic rings. The van der Waals surface area contributed by atoms with Gasteiger partial charge < -0.3 is 15.7 Å². The maximum Gasteiger partial charge on any atom is 0.271 e. The minimum Gasteiger partial charge on any atom is -0.393 e. The highest BCUT2D eigenvalue weighted by atomic mass is 16.3. The molecule has 8 nitrogen and oxygen atoms in total. The lowest BCUT2D eigenvalue weighted by Gasteiger charge is -2.08. The van der Waals surface area contributed by atoms with E-state index in [2.05, 4.69) is 25.8 Å². The number of rotatable bonds is 6. The molecule has 8 heteroatoms. The molecular formula is C15H19N5O3. The van der Waals surface area contributed by atoms with Crippen molar-refractivity contribution in [3.05, 3.63) is 41.5 Å². The summed E-state index contributed by atoms with van der Waals surface area (Å²) in [5, 5.41) is 20.8. The largest absolute Gasteiger partial charge is 0.393 e. The second-order valence-electron chi connectivity index (χ2n) is 5.19. The summed E-state index contributed by atoms with van der Waals surface area (Å²) in [5.41, 5.74) is 1.63. The Hall–Kier alpha value is -2.74. The van der Waals surface area contributed by atoms with Gasteiger partial charge in [-0.25, -0.2) is 0 Å². The quantitative estimate of drug-likeness (QED) is 0.630. The van der Waals surface area contributed by atoms with Crippen LogP contribution in [0.3, 0.4) is 0 Å². The number of pyridine rings is 1. The first-order chi connectivity index (χ1) is 11.0. The smallest absolute Gasteiger partial charge is 0.271 e. The van der Waals surface area contributed by atoms with Crippen LogP contribution in [0.2, 0.25) is 0 Å². The molecule has 2 rings (SSSR count). The molecule has 0 bridgehead atoms. The number of aryl methyl sites for hydroxylation is 1. The van der Waals surface area contributed by atoms with E-state index < -0.39 is 12.0 Å². The van der Waals surface area contributed by atoms with Crippen LogP contribution in [0.5, 0.6) is 0 Å². The molecule has 4 N–H and O–H groups in total. The first kappa shape index (κ1) is 16.6. The van der Waals surface area contributed by atoms with Gasteiger partial charge in [0.1, 0.15) is 5.69 Å². The van der Waals surface area contributed by atoms with E-state index in [0.717, 1.165) is 5.69 Å². The summed E-state index contributed by atoms with van der Waals surface area (Å²) in [4.78, 5) is 28.2. The van der Waals surface area contributed by atoms with Crippen LogP contribution >= 0.6 is 0 Å². The normalized spacial score (nSPS) is 11.8. The van der Waals surface area contributed by atoms with Crippen LogP contribution in [-0.2, 0) is 0 Å². The molecule has 0 spiro atoms. The van der Waals surface area contributed by atoms with Crippen molar-refractivity contribution >= 4 is 17.5 Å². The van der Waals surface area contributed by atoms with E-state index in [1.165, 1.54) is 12.4 Å². The standard InChI is InChI=1S/C15H19N5O3/c1-9-3-4-11(7-17-9)14(22)19-12-8-18-20-13(12)15(23)16-6-5-10(2)21/h3-4,7-8,10,21H,5-6H2,1-2H3,(H,16,23)(H,18,20)(H,19,22). The number of hydrogen-bond donors (Lipinski definition) is 4. The first-order valence-electron chi connectivity index (χ1n) is 7.21. The molecule has 1 atom stereocenters. The number of anilines is 1. The fourth-order valence-electron chi connectivity index (χ4n) is 1.83. The number of aliphatic hydroxyl groups is 1. The SMILES string of the molecule is Cc1ccc(C(=O)Nc2cn[nH]c2C(=O)NCCC(C)O)cn1. The maximum absolute atomic E-state index is 12.1. The Morgan fingerprint density at radius 1 is 1.30 bits per heavy atom. The van der Waals surface area contributed by atoms with Crippen molar-refractivity contribution in [3.8, 4) is 0 Å². The molecule has 1 unspecified atom stereocenters. The van der Waals surface area contributed by atoms with Gasteiger partial charge in [-0.3, -0.25) is 19.7 Å². The highest BCUT2D eigenvalue weighted by Gasteiger charge is 2.16. The predicted molar refractivity (Wildman–Crippen MR) is 84.1 cm³/mol. The van der Waals surface area contributed by atoms with E-state index in [4.69, 9.17) is 0 Å². The van der Waals surface area contributed by atoms with Gasteiger partial charge in [0.25, 0.3) is 11.8 Å². The van der Waals surface area contributed by atoms with Crippen LogP contribution in [0.15, 0.2) is 24.5 Å². The number of carbonyl (C=O) groups excluding carboxylic acids is 2. The zero-order valence-electron chi connectivity index (χ0n) is 13.0. The molecule has 0 saturated heterocycles. The Labute approximate surface area is 133 Å². The number of H-pyrrole nitrogens is 1. The van der Waals surface area contributed by atoms with Crippen LogP contribution < -0.4 is 10.6 Å². The number of hydrogen-bond acceptors (Lipinski definition) is 5. The summed E-state index contributed by atoms with van der Waals surface area (Å²) in [7, 11) is 0. The molecule has 0 fully saturated rings. The van der Waals surface area contributed by atoms with E-state index in [0.29, 0.717) is 18.5 Å². The van der Waals surface area contributed by atoms with Crippen molar-refractivity contribution in [1.29, 1.82) is 0 Å². The van der Waals surface area contributed by atoms with Crippen LogP contribution in [-0.4, -0.2) is 44.8 Å². The van der Waals surface area contributed by atoms with Gasteiger partial charge in [-0.05, 0) is 32.4 Å². The van der Waals surface area contributed by atoms with Gasteiger partial charge in [-0.2, -0.15) is 5.10 Å². The third kappa shape index (κ3) is 4.62. The van der Waals surface area contributed by atoms with Crippen molar-refractivity contribution in [2.45, 2.75) is 26.4 Å². The maximum atomic E-state index is 12.1. The molecule has 2 heterocycles. The third-order valence-electron chi connectivity index (χ3n) is 3.14. The molecular weight excluding hydrogens is 298 g/mol. The number of aromatic nitrogens is 3. The van der Waals surface area contributed by atoms with E-state index >= 15 is 0 Å². The number of amides is 2. The van der Waals surface area contributed by atoms with Gasteiger partial charge in [0.15, 0.2) is 0 Å². The van der Waals surface area contributed by atoms with Gasteiger partial charge in [0, 0.05) is 18.4 Å². The first-order valence-corrected chi connectivity index (χ1v) is 7.21. The zero-order valence-corrected chi connectivity index (χ0v) is 13.0. The van der Waals surface area contributed by atoms with Crippen molar-refractivity contribution in [1.82, 2.24) is 20.5 Å². The lowest BCUT2D eigenvalue weighted by molar-refractivity contribution is 0.0941. The van der Waals surface area contributed by atoms with Crippen molar-refractivity contribution in [2.75, 3.05) is 11.9 Å². The van der Waals surface area contributed by atoms with Crippen LogP contribution in [0.25, 0.3) is 0 Å². The number of carbonyl (C=O) groups is 2. The average molecular weight is 317 g/mol. The van der Waals surface area contributed by atoms with E-state index in [1.807, 2.05) is 6.92 Å². The molecule has 0 radical (unpaired) electrons. The number of aliphatic hydroxyl groups excluding tert-OH is 1. The highest BCUT2D eigenvalue weighted by Crippen LogP contribution is 2.13. The molecule has 2 amide bonds. The monoisotopic (exact) mass is 317 g/mol. The Kier molecular flexibility index (Phi) is 5.42. The van der Waals surface area contributed by atoms with Crippen molar-refractivity contribution < 1.29 is 14.7 Å². The molecule has 122 valence electrons. The fraction of sp³-hybridized carbons (Fsp3) is 0.333. The van der Waals surface area contributed by atoms with E-state index in [-0.39, 0.29) is 17.3 Å². The van der Waals surface area contributed by atoms with Gasteiger partial charge >= 0.3 is 0 Å².